The second kappa shape index (κ2) is 29.5. The quantitative estimate of drug-likeness (QED) is 0.0613. The Morgan fingerprint density at radius 1 is 0.568 bits per heavy atom. The molecule has 8 aromatic rings. The van der Waals surface area contributed by atoms with Crippen molar-refractivity contribution in [3.8, 4) is 33.8 Å². The van der Waals surface area contributed by atoms with Crippen LogP contribution < -0.4 is 55.1 Å². The van der Waals surface area contributed by atoms with E-state index >= 15 is 0 Å². The zero-order chi connectivity index (χ0) is 56.0. The Morgan fingerprint density at radius 2 is 1.00 bits per heavy atom. The third kappa shape index (κ3) is 16.4. The number of carboxylic acid groups (broad SMARTS) is 1. The molecule has 0 radical (unpaired) electrons. The Bertz CT molecular complexity index is 3600. The monoisotopic (exact) mass is 1330 g/mol. The topological polar surface area (TPSA) is 220 Å². The number of carbonyl (C=O) groups is 4. The first-order valence-electron chi connectivity index (χ1n) is 25.0. The molecule has 6 aromatic carbocycles. The van der Waals surface area contributed by atoms with E-state index in [2.05, 4.69) is 98.1 Å². The summed E-state index contributed by atoms with van der Waals surface area (Å²) >= 11 is 6.59. The molecular formula is C63H60Br2IN8O7-. The standard InChI is InChI=1S/C31H27BrN4O3.C24H24N4O2.C7H5BrO2.CH4.HI/c1-19-27-15-21(6-7-24(27)17-34-19)22-12-13-33-28(16-22)31(38)36-29(23-4-3-5-26(14-23)39-2)18-35-30(37)20-8-10-25(32)11-9-20;1-15-21-11-16(6-7-19(21)14-27-15)17-8-9-26-22(12-17)24(29)28-23(13-25)18-4-3-5-20(10-18)30-2;8-6-3-1-5(2-4-6)7(9)10;;/h3-16,29H,17-18H2,1-2H3,(H,35,37)(H,36,38);3-12,23H,13-14,25H2,1-2H3,(H,28,29);1-4H,(H,9,10);1H4;1H/p-1. The molecule has 2 aliphatic heterocycles. The molecule has 2 aliphatic rings. The number of pyridine rings is 2. The van der Waals surface area contributed by atoms with E-state index < -0.39 is 12.0 Å². The molecule has 0 saturated heterocycles. The van der Waals surface area contributed by atoms with Crippen molar-refractivity contribution in [2.45, 2.75) is 46.4 Å². The van der Waals surface area contributed by atoms with Gasteiger partial charge in [-0.05, 0) is 168 Å². The van der Waals surface area contributed by atoms with Crippen molar-refractivity contribution in [1.29, 1.82) is 0 Å². The van der Waals surface area contributed by atoms with Crippen LogP contribution in [-0.4, -0.2) is 77.5 Å². The molecule has 10 rings (SSSR count). The summed E-state index contributed by atoms with van der Waals surface area (Å²) < 4.78 is 12.4. The van der Waals surface area contributed by atoms with Crippen molar-refractivity contribution in [3.05, 3.63) is 235 Å². The number of carboxylic acids is 1. The van der Waals surface area contributed by atoms with Gasteiger partial charge in [-0.25, -0.2) is 4.79 Å². The SMILES string of the molecule is C.COc1cccc(C(CN)NC(=O)c2cc(-c3ccc4c(c3)C(C)=NC4)ccn2)c1.COc1cccc(C(CNC(=O)c2ccc(Br)cc2)NC(=O)c2cc(-c3ccc4c(c3)C(C)=NC4)ccn2)c1.O=C(O)c1ccc(Br)cc1.[I-]. The predicted molar refractivity (Wildman–Crippen MR) is 321 cm³/mol. The lowest BCUT2D eigenvalue weighted by Crippen LogP contribution is -3.00. The van der Waals surface area contributed by atoms with Crippen molar-refractivity contribution < 1.29 is 57.7 Å². The van der Waals surface area contributed by atoms with Gasteiger partial charge in [-0.3, -0.25) is 34.3 Å². The van der Waals surface area contributed by atoms with Crippen molar-refractivity contribution >= 4 is 67.0 Å². The maximum absolute atomic E-state index is 13.4. The average molecular weight is 1330 g/mol. The lowest BCUT2D eigenvalue weighted by Gasteiger charge is -2.20. The highest BCUT2D eigenvalue weighted by Crippen LogP contribution is 2.29. The van der Waals surface area contributed by atoms with Crippen LogP contribution in [0.15, 0.2) is 189 Å². The Balaban J connectivity index is 0.000000223. The van der Waals surface area contributed by atoms with Crippen LogP contribution in [0.4, 0.5) is 0 Å². The number of ether oxygens (including phenoxy) is 2. The number of hydrogen-bond acceptors (Lipinski definition) is 11. The normalized spacial score (nSPS) is 12.2. The fraction of sp³-hybridized carbons (Fsp3) is 0.175. The van der Waals surface area contributed by atoms with E-state index in [4.69, 9.17) is 20.3 Å². The fourth-order valence-electron chi connectivity index (χ4n) is 8.71. The van der Waals surface area contributed by atoms with Crippen LogP contribution in [0.3, 0.4) is 0 Å². The number of methoxy groups -OCH3 is 2. The molecule has 2 atom stereocenters. The molecule has 0 fully saturated rings. The number of fused-ring (bicyclic) bond motifs is 2. The first-order valence-corrected chi connectivity index (χ1v) is 26.6. The highest BCUT2D eigenvalue weighted by molar-refractivity contribution is 9.10. The van der Waals surface area contributed by atoms with E-state index in [9.17, 15) is 19.2 Å². The second-order valence-corrected chi connectivity index (χ2v) is 20.1. The molecule has 3 amide bonds. The van der Waals surface area contributed by atoms with E-state index in [1.54, 1.807) is 75.1 Å². The first-order chi connectivity index (χ1) is 38.2. The summed E-state index contributed by atoms with van der Waals surface area (Å²) in [5.74, 6) is -0.375. The average Bonchev–Trinajstić information content (AvgIpc) is 4.10. The summed E-state index contributed by atoms with van der Waals surface area (Å²) in [5, 5.41) is 17.4. The maximum atomic E-state index is 13.4. The Hall–Kier alpha value is -7.91. The smallest absolute Gasteiger partial charge is 0.335 e. The highest BCUT2D eigenvalue weighted by atomic mass is 127. The van der Waals surface area contributed by atoms with Crippen molar-refractivity contribution in [2.24, 2.45) is 15.7 Å². The van der Waals surface area contributed by atoms with E-state index in [1.165, 1.54) is 11.1 Å². The molecule has 81 heavy (non-hydrogen) atoms. The fourth-order valence-corrected chi connectivity index (χ4v) is 9.24. The van der Waals surface area contributed by atoms with E-state index in [0.717, 1.165) is 77.2 Å². The number of nitrogens with one attached hydrogen (secondary N) is 3. The molecule has 2 aromatic heterocycles. The molecule has 15 nitrogen and oxygen atoms in total. The van der Waals surface area contributed by atoms with Crippen molar-refractivity contribution in [2.75, 3.05) is 27.3 Å². The van der Waals surface area contributed by atoms with Crippen LogP contribution in [0.5, 0.6) is 11.5 Å². The number of aliphatic imine (C=N–C) groups is 2. The lowest BCUT2D eigenvalue weighted by molar-refractivity contribution is -0.0000549. The minimum absolute atomic E-state index is 0. The van der Waals surface area contributed by atoms with Crippen LogP contribution in [-0.2, 0) is 13.1 Å². The number of halogens is 3. The van der Waals surface area contributed by atoms with Gasteiger partial charge in [0.05, 0.1) is 45.0 Å². The van der Waals surface area contributed by atoms with Gasteiger partial charge < -0.3 is 60.2 Å². The van der Waals surface area contributed by atoms with Crippen molar-refractivity contribution in [1.82, 2.24) is 25.9 Å². The van der Waals surface area contributed by atoms with Crippen LogP contribution in [0.1, 0.15) is 108 Å². The van der Waals surface area contributed by atoms with Gasteiger partial charge in [0.15, 0.2) is 0 Å². The highest BCUT2D eigenvalue weighted by Gasteiger charge is 2.22. The van der Waals surface area contributed by atoms with Gasteiger partial charge in [-0.2, -0.15) is 0 Å². The number of benzene rings is 6. The number of hydrogen-bond donors (Lipinski definition) is 5. The number of nitrogens with zero attached hydrogens (tertiary/aromatic N) is 4. The van der Waals surface area contributed by atoms with Crippen LogP contribution in [0.25, 0.3) is 22.3 Å². The Kier molecular flexibility index (Phi) is 22.7. The minimum atomic E-state index is -0.896. The minimum Gasteiger partial charge on any atom is -1.00 e. The third-order valence-electron chi connectivity index (χ3n) is 13.1. The first kappa shape index (κ1) is 62.3. The van der Waals surface area contributed by atoms with Gasteiger partial charge in [-0.15, -0.1) is 0 Å². The third-order valence-corrected chi connectivity index (χ3v) is 14.2. The van der Waals surface area contributed by atoms with Crippen molar-refractivity contribution in [3.63, 3.8) is 0 Å². The summed E-state index contributed by atoms with van der Waals surface area (Å²) in [5.41, 5.74) is 19.7. The zero-order valence-corrected chi connectivity index (χ0v) is 49.4. The molecule has 4 heterocycles. The summed E-state index contributed by atoms with van der Waals surface area (Å²) in [6, 6.07) is 47.5. The van der Waals surface area contributed by atoms with Gasteiger partial charge in [0, 0.05) is 62.5 Å². The van der Waals surface area contributed by atoms with E-state index in [1.807, 2.05) is 92.7 Å². The van der Waals surface area contributed by atoms with Gasteiger partial charge in [0.1, 0.15) is 22.9 Å². The van der Waals surface area contributed by atoms with Crippen LogP contribution >= 0.6 is 31.9 Å². The number of amides is 3. The number of rotatable bonds is 15. The zero-order valence-electron chi connectivity index (χ0n) is 44.0. The van der Waals surface area contributed by atoms with Gasteiger partial charge in [0.2, 0.25) is 0 Å². The molecule has 18 heteroatoms. The molecule has 0 spiro atoms. The predicted octanol–water partition coefficient (Wildman–Crippen LogP) is 9.04. The van der Waals surface area contributed by atoms with Crippen LogP contribution in [0.2, 0.25) is 0 Å². The molecule has 0 bridgehead atoms. The summed E-state index contributed by atoms with van der Waals surface area (Å²) in [7, 11) is 3.20. The summed E-state index contributed by atoms with van der Waals surface area (Å²) in [6.45, 7) is 5.91. The van der Waals surface area contributed by atoms with E-state index in [0.29, 0.717) is 29.1 Å². The second-order valence-electron chi connectivity index (χ2n) is 18.3. The molecule has 416 valence electrons. The Labute approximate surface area is 505 Å². The molecular weight excluding hydrogens is 1270 g/mol. The lowest BCUT2D eigenvalue weighted by atomic mass is 9.98. The maximum Gasteiger partial charge on any atom is 0.335 e. The molecule has 0 aliphatic carbocycles. The number of aromatic carboxylic acids is 1. The van der Waals surface area contributed by atoms with Gasteiger partial charge in [0.25, 0.3) is 17.7 Å². The molecule has 6 N–H and O–H groups in total. The van der Waals surface area contributed by atoms with Gasteiger partial charge >= 0.3 is 5.97 Å². The van der Waals surface area contributed by atoms with Crippen LogP contribution in [0, 0.1) is 0 Å². The number of nitrogens with two attached hydrogens (primary N) is 1. The summed E-state index contributed by atoms with van der Waals surface area (Å²) in [6.07, 6.45) is 3.29. The largest absolute Gasteiger partial charge is 1.00 e. The Morgan fingerprint density at radius 3 is 1.44 bits per heavy atom. The molecule has 0 saturated carbocycles. The number of aromatic nitrogens is 2. The molecule has 2 unspecified atom stereocenters. The number of carbonyl (C=O) groups excluding carboxylic acids is 3. The summed E-state index contributed by atoms with van der Waals surface area (Å²) in [4.78, 5) is 67.0. The van der Waals surface area contributed by atoms with Gasteiger partial charge in [-0.1, -0.05) is 87.8 Å². The van der Waals surface area contributed by atoms with E-state index in [-0.39, 0.29) is 74.0 Å².